The largest absolute Gasteiger partial charge is 0.261 e. The van der Waals surface area contributed by atoms with Crippen LogP contribution in [0.1, 0.15) is 25.0 Å². The summed E-state index contributed by atoms with van der Waals surface area (Å²) < 4.78 is 22.3. The lowest BCUT2D eigenvalue weighted by atomic mass is 9.90. The highest BCUT2D eigenvalue weighted by atomic mass is 35.7. The summed E-state index contributed by atoms with van der Waals surface area (Å²) in [6.07, 6.45) is 1.92. The van der Waals surface area contributed by atoms with Crippen molar-refractivity contribution >= 4 is 19.7 Å². The lowest BCUT2D eigenvalue weighted by Gasteiger charge is -2.14. The molecule has 0 heterocycles. The van der Waals surface area contributed by atoms with Crippen LogP contribution in [-0.4, -0.2) is 8.42 Å². The van der Waals surface area contributed by atoms with Gasteiger partial charge in [0.2, 0.25) is 0 Å². The molecule has 0 amide bonds. The van der Waals surface area contributed by atoms with Crippen molar-refractivity contribution < 1.29 is 8.42 Å². The molecule has 0 atom stereocenters. The second-order valence-electron chi connectivity index (χ2n) is 4.89. The Morgan fingerprint density at radius 1 is 1.20 bits per heavy atom. The summed E-state index contributed by atoms with van der Waals surface area (Å²) >= 11 is 0. The zero-order valence-electron chi connectivity index (χ0n) is 8.75. The minimum absolute atomic E-state index is 0.209. The van der Waals surface area contributed by atoms with Crippen molar-refractivity contribution in [1.82, 2.24) is 0 Å². The normalized spacial score (nSPS) is 18.9. The van der Waals surface area contributed by atoms with Gasteiger partial charge in [0.25, 0.3) is 9.05 Å². The summed E-state index contributed by atoms with van der Waals surface area (Å²) in [4.78, 5) is 0.209. The summed E-state index contributed by atoms with van der Waals surface area (Å²) in [7, 11) is 1.71. The molecule has 0 saturated heterocycles. The maximum Gasteiger partial charge on any atom is 0.261 e. The number of hydrogen-bond acceptors (Lipinski definition) is 2. The Bertz CT molecular complexity index is 503. The first-order chi connectivity index (χ1) is 6.78. The van der Waals surface area contributed by atoms with E-state index in [0.29, 0.717) is 0 Å². The molecule has 1 aliphatic rings. The fourth-order valence-corrected chi connectivity index (χ4v) is 2.99. The van der Waals surface area contributed by atoms with Crippen LogP contribution in [0.5, 0.6) is 0 Å². The first-order valence-corrected chi connectivity index (χ1v) is 7.15. The van der Waals surface area contributed by atoms with Crippen LogP contribution in [0.3, 0.4) is 0 Å². The Kier molecular flexibility index (Phi) is 2.36. The van der Waals surface area contributed by atoms with Gasteiger partial charge in [0.05, 0.1) is 4.90 Å². The van der Waals surface area contributed by atoms with Crippen LogP contribution in [0.4, 0.5) is 0 Å². The lowest BCUT2D eigenvalue weighted by Crippen LogP contribution is -2.09. The minimum atomic E-state index is -3.59. The molecule has 0 radical (unpaired) electrons. The molecule has 0 fully saturated rings. The fraction of sp³-hybridized carbons (Fsp3) is 0.455. The van der Waals surface area contributed by atoms with Crippen LogP contribution in [0.15, 0.2) is 23.1 Å². The highest BCUT2D eigenvalue weighted by molar-refractivity contribution is 8.13. The number of fused-ring (bicyclic) bond motifs is 1. The quantitative estimate of drug-likeness (QED) is 0.712. The van der Waals surface area contributed by atoms with Gasteiger partial charge in [0.1, 0.15) is 0 Å². The number of hydrogen-bond donors (Lipinski definition) is 0. The predicted octanol–water partition coefficient (Wildman–Crippen LogP) is 2.74. The Morgan fingerprint density at radius 2 is 1.80 bits per heavy atom. The van der Waals surface area contributed by atoms with E-state index in [1.807, 2.05) is 6.07 Å². The maximum absolute atomic E-state index is 11.2. The Hall–Kier alpha value is -0.540. The monoisotopic (exact) mass is 244 g/mol. The molecule has 0 unspecified atom stereocenters. The van der Waals surface area contributed by atoms with E-state index in [-0.39, 0.29) is 10.3 Å². The number of benzene rings is 1. The van der Waals surface area contributed by atoms with Crippen molar-refractivity contribution in [3.05, 3.63) is 29.3 Å². The molecule has 0 bridgehead atoms. The van der Waals surface area contributed by atoms with E-state index in [4.69, 9.17) is 10.7 Å². The average molecular weight is 245 g/mol. The molecule has 0 aliphatic heterocycles. The molecule has 0 spiro atoms. The van der Waals surface area contributed by atoms with Gasteiger partial charge in [0, 0.05) is 10.7 Å². The average Bonchev–Trinajstić information content (AvgIpc) is 2.34. The molecule has 1 aromatic carbocycles. The molecular weight excluding hydrogens is 232 g/mol. The van der Waals surface area contributed by atoms with E-state index in [2.05, 4.69) is 13.8 Å². The summed E-state index contributed by atoms with van der Waals surface area (Å²) in [5, 5.41) is 0. The third-order valence-electron chi connectivity index (χ3n) is 2.80. The third kappa shape index (κ3) is 2.18. The van der Waals surface area contributed by atoms with Crippen LogP contribution in [0.25, 0.3) is 0 Å². The van der Waals surface area contributed by atoms with Crippen molar-refractivity contribution in [2.24, 2.45) is 5.41 Å². The van der Waals surface area contributed by atoms with Gasteiger partial charge in [-0.1, -0.05) is 19.9 Å². The molecule has 0 N–H and O–H groups in total. The van der Waals surface area contributed by atoms with Gasteiger partial charge in [-0.2, -0.15) is 0 Å². The van der Waals surface area contributed by atoms with Crippen molar-refractivity contribution in [3.8, 4) is 0 Å². The van der Waals surface area contributed by atoms with Gasteiger partial charge in [-0.05, 0) is 41.5 Å². The number of halogens is 1. The Labute approximate surface area is 94.7 Å². The Morgan fingerprint density at radius 3 is 2.40 bits per heavy atom. The highest BCUT2D eigenvalue weighted by Gasteiger charge is 2.29. The zero-order valence-corrected chi connectivity index (χ0v) is 10.3. The molecule has 15 heavy (non-hydrogen) atoms. The SMILES string of the molecule is CC1(C)Cc2ccc(S(=O)(=O)Cl)cc2C1. The van der Waals surface area contributed by atoms with E-state index >= 15 is 0 Å². The van der Waals surface area contributed by atoms with Gasteiger partial charge in [-0.25, -0.2) is 8.42 Å². The second kappa shape index (κ2) is 3.22. The van der Waals surface area contributed by atoms with Crippen LogP contribution in [-0.2, 0) is 21.9 Å². The smallest absolute Gasteiger partial charge is 0.207 e. The highest BCUT2D eigenvalue weighted by Crippen LogP contribution is 2.37. The van der Waals surface area contributed by atoms with Gasteiger partial charge in [-0.15, -0.1) is 0 Å². The summed E-state index contributed by atoms with van der Waals surface area (Å²) in [6, 6.07) is 5.16. The van der Waals surface area contributed by atoms with Crippen LogP contribution in [0, 0.1) is 5.41 Å². The predicted molar refractivity (Wildman–Crippen MR) is 60.7 cm³/mol. The van der Waals surface area contributed by atoms with Crippen molar-refractivity contribution in [2.75, 3.05) is 0 Å². The Balaban J connectivity index is 2.48. The lowest BCUT2D eigenvalue weighted by molar-refractivity contribution is 0.392. The molecule has 4 heteroatoms. The van der Waals surface area contributed by atoms with Gasteiger partial charge < -0.3 is 0 Å². The zero-order chi connectivity index (χ0) is 11.3. The molecule has 0 saturated carbocycles. The van der Waals surface area contributed by atoms with E-state index < -0.39 is 9.05 Å². The standard InChI is InChI=1S/C11H13ClO2S/c1-11(2)6-8-3-4-10(15(12,13)14)5-9(8)7-11/h3-5H,6-7H2,1-2H3. The van der Waals surface area contributed by atoms with Crippen molar-refractivity contribution in [1.29, 1.82) is 0 Å². The number of rotatable bonds is 1. The summed E-state index contributed by atoms with van der Waals surface area (Å²) in [5.74, 6) is 0. The first kappa shape index (κ1) is 11.0. The van der Waals surface area contributed by atoms with Crippen molar-refractivity contribution in [3.63, 3.8) is 0 Å². The summed E-state index contributed by atoms with van der Waals surface area (Å²) in [6.45, 7) is 4.36. The van der Waals surface area contributed by atoms with Crippen LogP contribution >= 0.6 is 10.7 Å². The summed E-state index contributed by atoms with van der Waals surface area (Å²) in [5.41, 5.74) is 2.59. The topological polar surface area (TPSA) is 34.1 Å². The molecule has 2 rings (SSSR count). The molecule has 0 aromatic heterocycles. The molecule has 1 aromatic rings. The van der Waals surface area contributed by atoms with E-state index in [1.165, 1.54) is 5.56 Å². The molecule has 1 aliphatic carbocycles. The fourth-order valence-electron chi connectivity index (χ4n) is 2.18. The third-order valence-corrected chi connectivity index (χ3v) is 4.15. The van der Waals surface area contributed by atoms with Gasteiger partial charge in [0.15, 0.2) is 0 Å². The molecule has 2 nitrogen and oxygen atoms in total. The second-order valence-corrected chi connectivity index (χ2v) is 7.45. The van der Waals surface area contributed by atoms with E-state index in [9.17, 15) is 8.42 Å². The molecule has 82 valence electrons. The van der Waals surface area contributed by atoms with Gasteiger partial charge in [-0.3, -0.25) is 0 Å². The van der Waals surface area contributed by atoms with Crippen LogP contribution in [0.2, 0.25) is 0 Å². The molecular formula is C11H13ClO2S. The first-order valence-electron chi connectivity index (χ1n) is 4.84. The van der Waals surface area contributed by atoms with Gasteiger partial charge >= 0.3 is 0 Å². The van der Waals surface area contributed by atoms with E-state index in [1.54, 1.807) is 12.1 Å². The van der Waals surface area contributed by atoms with Crippen LogP contribution < -0.4 is 0 Å². The minimum Gasteiger partial charge on any atom is -0.207 e. The van der Waals surface area contributed by atoms with E-state index in [0.717, 1.165) is 18.4 Å². The maximum atomic E-state index is 11.2. The van der Waals surface area contributed by atoms with Crippen molar-refractivity contribution in [2.45, 2.75) is 31.6 Å².